The van der Waals surface area contributed by atoms with Crippen molar-refractivity contribution in [3.63, 3.8) is 0 Å². The Bertz CT molecular complexity index is 417. The first-order valence-corrected chi connectivity index (χ1v) is 7.86. The average molecular weight is 256 g/mol. The molecule has 0 aliphatic rings. The van der Waals surface area contributed by atoms with Gasteiger partial charge in [-0.3, -0.25) is 4.98 Å². The molecule has 1 atom stereocenters. The highest BCUT2D eigenvalue weighted by atomic mass is 32.2. The van der Waals surface area contributed by atoms with Gasteiger partial charge in [0.2, 0.25) is 0 Å². The summed E-state index contributed by atoms with van der Waals surface area (Å²) >= 11 is 0. The van der Waals surface area contributed by atoms with Crippen LogP contribution in [-0.4, -0.2) is 31.5 Å². The summed E-state index contributed by atoms with van der Waals surface area (Å²) in [5, 5.41) is 0. The van der Waals surface area contributed by atoms with Gasteiger partial charge in [0, 0.05) is 29.9 Å². The maximum Gasteiger partial charge on any atom is 0.147 e. The summed E-state index contributed by atoms with van der Waals surface area (Å²) in [5.74, 6) is 0.226. The Balaban J connectivity index is 2.20. The Labute approximate surface area is 103 Å². The molecule has 0 aliphatic heterocycles. The van der Waals surface area contributed by atoms with Crippen molar-refractivity contribution < 1.29 is 8.42 Å². The number of rotatable bonds is 7. The van der Waals surface area contributed by atoms with E-state index < -0.39 is 9.84 Å². The largest absolute Gasteiger partial charge is 0.328 e. The third-order valence-corrected chi connectivity index (χ3v) is 3.62. The van der Waals surface area contributed by atoms with Gasteiger partial charge in [0.15, 0.2) is 0 Å². The molecule has 1 aromatic heterocycles. The molecule has 2 N–H and O–H groups in total. The summed E-state index contributed by atoms with van der Waals surface area (Å²) < 4.78 is 21.9. The van der Waals surface area contributed by atoms with Crippen LogP contribution in [-0.2, 0) is 16.3 Å². The molecule has 96 valence electrons. The van der Waals surface area contributed by atoms with Gasteiger partial charge >= 0.3 is 0 Å². The summed E-state index contributed by atoms with van der Waals surface area (Å²) in [7, 11) is -2.85. The van der Waals surface area contributed by atoms with Crippen molar-refractivity contribution in [2.45, 2.75) is 31.7 Å². The van der Waals surface area contributed by atoms with E-state index in [2.05, 4.69) is 4.98 Å². The lowest BCUT2D eigenvalue weighted by atomic mass is 10.1. The topological polar surface area (TPSA) is 73.0 Å². The van der Waals surface area contributed by atoms with Crippen LogP contribution >= 0.6 is 0 Å². The number of nitrogens with zero attached hydrogens (tertiary/aromatic N) is 1. The van der Waals surface area contributed by atoms with Crippen molar-refractivity contribution in [2.75, 3.05) is 12.0 Å². The zero-order chi connectivity index (χ0) is 12.7. The third-order valence-electron chi connectivity index (χ3n) is 2.59. The van der Waals surface area contributed by atoms with E-state index in [1.807, 2.05) is 18.2 Å². The number of pyridine rings is 1. The van der Waals surface area contributed by atoms with Crippen LogP contribution in [0, 0.1) is 0 Å². The second kappa shape index (κ2) is 6.71. The predicted molar refractivity (Wildman–Crippen MR) is 69.5 cm³/mol. The van der Waals surface area contributed by atoms with Gasteiger partial charge in [-0.25, -0.2) is 8.42 Å². The lowest BCUT2D eigenvalue weighted by Crippen LogP contribution is -2.21. The first-order valence-electron chi connectivity index (χ1n) is 5.80. The maximum absolute atomic E-state index is 10.9. The fourth-order valence-electron chi connectivity index (χ4n) is 1.63. The van der Waals surface area contributed by atoms with E-state index in [1.165, 1.54) is 6.26 Å². The van der Waals surface area contributed by atoms with Gasteiger partial charge in [-0.2, -0.15) is 0 Å². The minimum atomic E-state index is -2.85. The number of sulfone groups is 1. The van der Waals surface area contributed by atoms with Crippen LogP contribution in [0.15, 0.2) is 24.4 Å². The quantitative estimate of drug-likeness (QED) is 0.794. The summed E-state index contributed by atoms with van der Waals surface area (Å²) in [6, 6.07) is 5.87. The Morgan fingerprint density at radius 2 is 2.12 bits per heavy atom. The Hall–Kier alpha value is -0.940. The minimum absolute atomic E-state index is 0.0544. The highest BCUT2D eigenvalue weighted by Crippen LogP contribution is 2.06. The van der Waals surface area contributed by atoms with Crippen molar-refractivity contribution in [3.8, 4) is 0 Å². The van der Waals surface area contributed by atoms with E-state index in [-0.39, 0.29) is 11.8 Å². The molecule has 0 fully saturated rings. The lowest BCUT2D eigenvalue weighted by Gasteiger charge is -2.10. The average Bonchev–Trinajstić information content (AvgIpc) is 2.26. The first-order chi connectivity index (χ1) is 7.97. The van der Waals surface area contributed by atoms with Crippen molar-refractivity contribution in [1.82, 2.24) is 4.98 Å². The second-order valence-corrected chi connectivity index (χ2v) is 6.65. The van der Waals surface area contributed by atoms with E-state index >= 15 is 0 Å². The van der Waals surface area contributed by atoms with Crippen molar-refractivity contribution >= 4 is 9.84 Å². The Morgan fingerprint density at radius 1 is 1.35 bits per heavy atom. The van der Waals surface area contributed by atoms with Gasteiger partial charge in [-0.1, -0.05) is 6.07 Å². The molecule has 0 spiro atoms. The lowest BCUT2D eigenvalue weighted by molar-refractivity contribution is 0.550. The van der Waals surface area contributed by atoms with E-state index in [0.717, 1.165) is 25.0 Å². The molecular formula is C12H20N2O2S. The number of nitrogens with two attached hydrogens (primary N) is 1. The molecule has 17 heavy (non-hydrogen) atoms. The fourth-order valence-corrected chi connectivity index (χ4v) is 2.32. The van der Waals surface area contributed by atoms with Gasteiger partial charge < -0.3 is 5.73 Å². The van der Waals surface area contributed by atoms with Gasteiger partial charge in [-0.15, -0.1) is 0 Å². The molecule has 0 aromatic carbocycles. The number of aryl methyl sites for hydroxylation is 1. The van der Waals surface area contributed by atoms with Crippen LogP contribution in [0.25, 0.3) is 0 Å². The maximum atomic E-state index is 10.9. The summed E-state index contributed by atoms with van der Waals surface area (Å²) in [4.78, 5) is 4.22. The van der Waals surface area contributed by atoms with Crippen LogP contribution in [0.4, 0.5) is 0 Å². The highest BCUT2D eigenvalue weighted by molar-refractivity contribution is 7.90. The molecule has 1 aromatic rings. The molecule has 1 heterocycles. The van der Waals surface area contributed by atoms with Crippen LogP contribution in [0.5, 0.6) is 0 Å². The van der Waals surface area contributed by atoms with E-state index in [1.54, 1.807) is 6.20 Å². The van der Waals surface area contributed by atoms with Crippen molar-refractivity contribution in [3.05, 3.63) is 30.1 Å². The molecule has 5 heteroatoms. The van der Waals surface area contributed by atoms with Crippen molar-refractivity contribution in [1.29, 1.82) is 0 Å². The standard InChI is InChI=1S/C12H20N2O2S/c1-17(15,16)10-4-5-11(13)7-8-12-6-2-3-9-14-12/h2-3,6,9,11H,4-5,7-8,10,13H2,1H3. The fraction of sp³-hybridized carbons (Fsp3) is 0.583. The smallest absolute Gasteiger partial charge is 0.147 e. The number of hydrogen-bond donors (Lipinski definition) is 1. The molecule has 4 nitrogen and oxygen atoms in total. The van der Waals surface area contributed by atoms with Crippen LogP contribution in [0.2, 0.25) is 0 Å². The molecular weight excluding hydrogens is 236 g/mol. The van der Waals surface area contributed by atoms with Gasteiger partial charge in [0.1, 0.15) is 9.84 Å². The molecule has 0 radical (unpaired) electrons. The number of aromatic nitrogens is 1. The molecule has 0 amide bonds. The molecule has 0 saturated heterocycles. The molecule has 1 unspecified atom stereocenters. The molecule has 0 aliphatic carbocycles. The van der Waals surface area contributed by atoms with Crippen LogP contribution in [0.3, 0.4) is 0 Å². The third kappa shape index (κ3) is 7.07. The normalized spacial score (nSPS) is 13.5. The van der Waals surface area contributed by atoms with Gasteiger partial charge in [0.05, 0.1) is 0 Å². The van der Waals surface area contributed by atoms with Crippen molar-refractivity contribution in [2.24, 2.45) is 5.73 Å². The zero-order valence-corrected chi connectivity index (χ0v) is 11.0. The summed E-state index contributed by atoms with van der Waals surface area (Å²) in [5.41, 5.74) is 6.96. The molecule has 0 bridgehead atoms. The Morgan fingerprint density at radius 3 is 2.71 bits per heavy atom. The predicted octanol–water partition coefficient (Wildman–Crippen LogP) is 1.17. The van der Waals surface area contributed by atoms with Crippen LogP contribution < -0.4 is 5.73 Å². The molecule has 1 rings (SSSR count). The first kappa shape index (κ1) is 14.1. The SMILES string of the molecule is CS(=O)(=O)CCCC(N)CCc1ccccn1. The van der Waals surface area contributed by atoms with Crippen LogP contribution in [0.1, 0.15) is 25.0 Å². The van der Waals surface area contributed by atoms with E-state index in [0.29, 0.717) is 6.42 Å². The summed E-state index contributed by atoms with van der Waals surface area (Å²) in [6.45, 7) is 0. The Kier molecular flexibility index (Phi) is 5.58. The molecule has 0 saturated carbocycles. The monoisotopic (exact) mass is 256 g/mol. The zero-order valence-electron chi connectivity index (χ0n) is 10.2. The second-order valence-electron chi connectivity index (χ2n) is 4.39. The van der Waals surface area contributed by atoms with E-state index in [4.69, 9.17) is 5.73 Å². The van der Waals surface area contributed by atoms with E-state index in [9.17, 15) is 8.42 Å². The summed E-state index contributed by atoms with van der Waals surface area (Å²) in [6.07, 6.45) is 6.11. The van der Waals surface area contributed by atoms with Gasteiger partial charge in [0.25, 0.3) is 0 Å². The number of hydrogen-bond acceptors (Lipinski definition) is 4. The highest BCUT2D eigenvalue weighted by Gasteiger charge is 2.07. The van der Waals surface area contributed by atoms with Gasteiger partial charge in [-0.05, 0) is 37.8 Å². The minimum Gasteiger partial charge on any atom is -0.328 e.